The van der Waals surface area contributed by atoms with Crippen LogP contribution in [0.3, 0.4) is 0 Å². The number of furan rings is 1. The minimum atomic E-state index is -4.41. The maximum Gasteiger partial charge on any atom is 0.417 e. The normalized spacial score (nSPS) is 11.6. The van der Waals surface area contributed by atoms with Gasteiger partial charge in [-0.05, 0) is 18.2 Å². The Labute approximate surface area is 119 Å². The second-order valence-corrected chi connectivity index (χ2v) is 4.57. The SMILES string of the molecule is FC(F)(F)c1ccccc1-c1ccc(-c2ccccc2)o1. The van der Waals surface area contributed by atoms with Crippen LogP contribution in [-0.4, -0.2) is 0 Å². The fourth-order valence-electron chi connectivity index (χ4n) is 2.19. The molecule has 0 saturated heterocycles. The van der Waals surface area contributed by atoms with Gasteiger partial charge in [0.1, 0.15) is 11.5 Å². The summed E-state index contributed by atoms with van der Waals surface area (Å²) in [4.78, 5) is 0. The molecular weight excluding hydrogens is 277 g/mol. The zero-order valence-corrected chi connectivity index (χ0v) is 10.9. The molecule has 0 saturated carbocycles. The van der Waals surface area contributed by atoms with Crippen LogP contribution in [0.15, 0.2) is 71.1 Å². The zero-order chi connectivity index (χ0) is 14.9. The maximum atomic E-state index is 13.0. The van der Waals surface area contributed by atoms with E-state index in [-0.39, 0.29) is 11.3 Å². The van der Waals surface area contributed by atoms with Crippen molar-refractivity contribution >= 4 is 0 Å². The van der Waals surface area contributed by atoms with Crippen LogP contribution in [0.5, 0.6) is 0 Å². The van der Waals surface area contributed by atoms with Crippen molar-refractivity contribution in [2.45, 2.75) is 6.18 Å². The van der Waals surface area contributed by atoms with E-state index in [0.29, 0.717) is 5.76 Å². The van der Waals surface area contributed by atoms with Crippen molar-refractivity contribution in [2.24, 2.45) is 0 Å². The molecule has 3 rings (SSSR count). The maximum absolute atomic E-state index is 13.0. The van der Waals surface area contributed by atoms with Gasteiger partial charge < -0.3 is 4.42 Å². The van der Waals surface area contributed by atoms with E-state index in [1.807, 2.05) is 30.3 Å². The van der Waals surface area contributed by atoms with Crippen molar-refractivity contribution in [1.82, 2.24) is 0 Å². The van der Waals surface area contributed by atoms with E-state index < -0.39 is 11.7 Å². The monoisotopic (exact) mass is 288 g/mol. The first-order valence-corrected chi connectivity index (χ1v) is 6.37. The smallest absolute Gasteiger partial charge is 0.417 e. The summed E-state index contributed by atoms with van der Waals surface area (Å²) >= 11 is 0. The molecule has 1 heterocycles. The minimum absolute atomic E-state index is 0.0483. The Balaban J connectivity index is 2.06. The summed E-state index contributed by atoms with van der Waals surface area (Å²) in [7, 11) is 0. The molecule has 0 aliphatic heterocycles. The van der Waals surface area contributed by atoms with Crippen molar-refractivity contribution in [1.29, 1.82) is 0 Å². The first-order chi connectivity index (χ1) is 10.1. The third kappa shape index (κ3) is 2.70. The van der Waals surface area contributed by atoms with Crippen LogP contribution in [0.4, 0.5) is 13.2 Å². The van der Waals surface area contributed by atoms with Crippen molar-refractivity contribution in [2.75, 3.05) is 0 Å². The lowest BCUT2D eigenvalue weighted by molar-refractivity contribution is -0.137. The second-order valence-electron chi connectivity index (χ2n) is 4.57. The van der Waals surface area contributed by atoms with Gasteiger partial charge >= 0.3 is 6.18 Å². The minimum Gasteiger partial charge on any atom is -0.456 e. The second kappa shape index (κ2) is 5.13. The quantitative estimate of drug-likeness (QED) is 0.595. The zero-order valence-electron chi connectivity index (χ0n) is 10.9. The third-order valence-corrected chi connectivity index (χ3v) is 3.16. The molecule has 2 aromatic carbocycles. The van der Waals surface area contributed by atoms with Crippen LogP contribution >= 0.6 is 0 Å². The molecule has 0 fully saturated rings. The van der Waals surface area contributed by atoms with Gasteiger partial charge in [0.25, 0.3) is 0 Å². The Morgan fingerprint density at radius 3 is 2.00 bits per heavy atom. The average Bonchev–Trinajstić information content (AvgIpc) is 2.97. The topological polar surface area (TPSA) is 13.1 Å². The highest BCUT2D eigenvalue weighted by atomic mass is 19.4. The van der Waals surface area contributed by atoms with Gasteiger partial charge in [-0.1, -0.05) is 48.5 Å². The molecule has 0 atom stereocenters. The molecule has 21 heavy (non-hydrogen) atoms. The van der Waals surface area contributed by atoms with Crippen molar-refractivity contribution < 1.29 is 17.6 Å². The highest BCUT2D eigenvalue weighted by molar-refractivity contribution is 5.67. The van der Waals surface area contributed by atoms with Crippen LogP contribution in [-0.2, 0) is 6.18 Å². The van der Waals surface area contributed by atoms with Gasteiger partial charge in [-0.2, -0.15) is 13.2 Å². The summed E-state index contributed by atoms with van der Waals surface area (Å²) in [5, 5.41) is 0. The van der Waals surface area contributed by atoms with Crippen molar-refractivity contribution in [3.05, 3.63) is 72.3 Å². The van der Waals surface area contributed by atoms with Gasteiger partial charge in [0.05, 0.1) is 5.56 Å². The number of halogens is 3. The molecule has 0 bridgehead atoms. The molecule has 0 spiro atoms. The van der Waals surface area contributed by atoms with Gasteiger partial charge in [0, 0.05) is 11.1 Å². The fourth-order valence-corrected chi connectivity index (χ4v) is 2.19. The molecule has 1 nitrogen and oxygen atoms in total. The van der Waals surface area contributed by atoms with Crippen LogP contribution in [0, 0.1) is 0 Å². The Morgan fingerprint density at radius 1 is 0.667 bits per heavy atom. The molecule has 0 amide bonds. The van der Waals surface area contributed by atoms with E-state index in [0.717, 1.165) is 11.6 Å². The van der Waals surface area contributed by atoms with Gasteiger partial charge in [-0.3, -0.25) is 0 Å². The number of hydrogen-bond acceptors (Lipinski definition) is 1. The van der Waals surface area contributed by atoms with E-state index in [4.69, 9.17) is 4.42 Å². The summed E-state index contributed by atoms with van der Waals surface area (Å²) < 4.78 is 44.7. The largest absolute Gasteiger partial charge is 0.456 e. The van der Waals surface area contributed by atoms with E-state index >= 15 is 0 Å². The molecule has 4 heteroatoms. The molecule has 0 unspecified atom stereocenters. The third-order valence-electron chi connectivity index (χ3n) is 3.16. The lowest BCUT2D eigenvalue weighted by Crippen LogP contribution is -2.06. The molecular formula is C17H11F3O. The summed E-state index contributed by atoms with van der Waals surface area (Å²) in [6.45, 7) is 0. The average molecular weight is 288 g/mol. The molecule has 0 aliphatic carbocycles. The Bertz CT molecular complexity index is 742. The first-order valence-electron chi connectivity index (χ1n) is 6.37. The Kier molecular flexibility index (Phi) is 3.29. The van der Waals surface area contributed by atoms with Gasteiger partial charge in [0.15, 0.2) is 0 Å². The van der Waals surface area contributed by atoms with Crippen molar-refractivity contribution in [3.63, 3.8) is 0 Å². The molecule has 106 valence electrons. The van der Waals surface area contributed by atoms with Gasteiger partial charge in [-0.25, -0.2) is 0 Å². The highest BCUT2D eigenvalue weighted by Gasteiger charge is 2.34. The standard InChI is InChI=1S/C17H11F3O/c18-17(19,20)14-9-5-4-8-13(14)16-11-10-15(21-16)12-6-2-1-3-7-12/h1-11H. The number of alkyl halides is 3. The van der Waals surface area contributed by atoms with E-state index in [1.54, 1.807) is 18.2 Å². The van der Waals surface area contributed by atoms with E-state index in [1.165, 1.54) is 12.1 Å². The Morgan fingerprint density at radius 2 is 1.29 bits per heavy atom. The molecule has 3 aromatic rings. The van der Waals surface area contributed by atoms with E-state index in [9.17, 15) is 13.2 Å². The lowest BCUT2D eigenvalue weighted by atomic mass is 10.1. The fraction of sp³-hybridized carbons (Fsp3) is 0.0588. The number of hydrogen-bond donors (Lipinski definition) is 0. The summed E-state index contributed by atoms with van der Waals surface area (Å²) in [6, 6.07) is 17.9. The van der Waals surface area contributed by atoms with Gasteiger partial charge in [-0.15, -0.1) is 0 Å². The first kappa shape index (κ1) is 13.5. The lowest BCUT2D eigenvalue weighted by Gasteiger charge is -2.10. The molecule has 1 aromatic heterocycles. The van der Waals surface area contributed by atoms with Crippen LogP contribution in [0.2, 0.25) is 0 Å². The summed E-state index contributed by atoms with van der Waals surface area (Å²) in [5.41, 5.74) is 0.180. The molecule has 0 N–H and O–H groups in total. The number of benzene rings is 2. The van der Waals surface area contributed by atoms with Crippen LogP contribution in [0.25, 0.3) is 22.6 Å². The molecule has 0 radical (unpaired) electrons. The Hall–Kier alpha value is -2.49. The van der Waals surface area contributed by atoms with Crippen LogP contribution in [0.1, 0.15) is 5.56 Å². The van der Waals surface area contributed by atoms with E-state index in [2.05, 4.69) is 0 Å². The predicted octanol–water partition coefficient (Wildman–Crippen LogP) is 5.63. The summed E-state index contributed by atoms with van der Waals surface area (Å²) in [5.74, 6) is 0.754. The van der Waals surface area contributed by atoms with Crippen molar-refractivity contribution in [3.8, 4) is 22.6 Å². The number of rotatable bonds is 2. The predicted molar refractivity (Wildman–Crippen MR) is 74.6 cm³/mol. The highest BCUT2D eigenvalue weighted by Crippen LogP contribution is 2.38. The summed E-state index contributed by atoms with van der Waals surface area (Å²) in [6.07, 6.45) is -4.41. The van der Waals surface area contributed by atoms with Crippen LogP contribution < -0.4 is 0 Å². The molecule has 0 aliphatic rings. The van der Waals surface area contributed by atoms with Gasteiger partial charge in [0.2, 0.25) is 0 Å².